The highest BCUT2D eigenvalue weighted by atomic mass is 19.1. The number of aryl methyl sites for hydroxylation is 2. The van der Waals surface area contributed by atoms with Crippen LogP contribution in [0.4, 0.5) is 10.1 Å². The van der Waals surface area contributed by atoms with Crippen molar-refractivity contribution >= 4 is 16.7 Å². The summed E-state index contributed by atoms with van der Waals surface area (Å²) >= 11 is 0. The summed E-state index contributed by atoms with van der Waals surface area (Å²) in [5, 5.41) is 0. The van der Waals surface area contributed by atoms with E-state index in [0.29, 0.717) is 18.1 Å². The fourth-order valence-corrected chi connectivity index (χ4v) is 5.51. The van der Waals surface area contributed by atoms with Gasteiger partial charge >= 0.3 is 0 Å². The van der Waals surface area contributed by atoms with Crippen molar-refractivity contribution < 1.29 is 13.9 Å². The number of imidazole rings is 1. The van der Waals surface area contributed by atoms with Crippen molar-refractivity contribution in [2.75, 3.05) is 13.7 Å². The predicted octanol–water partition coefficient (Wildman–Crippen LogP) is 7.40. The number of hydrogen-bond donors (Lipinski definition) is 0. The van der Waals surface area contributed by atoms with Crippen LogP contribution in [0.1, 0.15) is 40.4 Å². The summed E-state index contributed by atoms with van der Waals surface area (Å²) in [4.78, 5) is 13.0. The molecule has 0 radical (unpaired) electrons. The van der Waals surface area contributed by atoms with Crippen LogP contribution in [0.2, 0.25) is 0 Å². The molecule has 3 aromatic carbocycles. The number of ether oxygens (including phenoxy) is 2. The Balaban J connectivity index is 1.25. The maximum Gasteiger partial charge on any atom is 0.214 e. The highest BCUT2D eigenvalue weighted by molar-refractivity contribution is 5.77. The second-order valence-electron chi connectivity index (χ2n) is 10.1. The summed E-state index contributed by atoms with van der Waals surface area (Å²) < 4.78 is 27.8. The van der Waals surface area contributed by atoms with Crippen LogP contribution in [-0.4, -0.2) is 28.3 Å². The number of fused-ring (bicyclic) bond motifs is 2. The Morgan fingerprint density at radius 1 is 1.05 bits per heavy atom. The van der Waals surface area contributed by atoms with Crippen LogP contribution in [-0.2, 0) is 24.3 Å². The molecule has 2 heterocycles. The van der Waals surface area contributed by atoms with Crippen molar-refractivity contribution in [2.45, 2.75) is 38.8 Å². The van der Waals surface area contributed by atoms with Gasteiger partial charge in [-0.05, 0) is 66.8 Å². The molecule has 0 aliphatic heterocycles. The molecule has 0 amide bonds. The second kappa shape index (κ2) is 10.9. The molecular weight excluding hydrogens is 503 g/mol. The first-order valence-corrected chi connectivity index (χ1v) is 13.4. The Kier molecular flexibility index (Phi) is 7.02. The SMILES string of the molecule is [C-]#[N+]c1ccc(COc2cccc(-c3ccc4c(c3)CC[C@@H]4c3nc4ccc(C)cc4n3CCOC)n2)c(F)c1. The number of pyridine rings is 1. The molecule has 40 heavy (non-hydrogen) atoms. The largest absolute Gasteiger partial charge is 0.473 e. The van der Waals surface area contributed by atoms with Crippen molar-refractivity contribution in [3.63, 3.8) is 0 Å². The lowest BCUT2D eigenvalue weighted by Crippen LogP contribution is -2.12. The number of methoxy groups -OCH3 is 1. The van der Waals surface area contributed by atoms with E-state index < -0.39 is 5.82 Å². The van der Waals surface area contributed by atoms with Gasteiger partial charge in [0, 0.05) is 36.8 Å². The average molecular weight is 533 g/mol. The van der Waals surface area contributed by atoms with Gasteiger partial charge in [-0.1, -0.05) is 36.4 Å². The van der Waals surface area contributed by atoms with Gasteiger partial charge in [-0.25, -0.2) is 19.2 Å². The molecule has 5 aromatic rings. The van der Waals surface area contributed by atoms with Crippen molar-refractivity contribution in [1.82, 2.24) is 14.5 Å². The van der Waals surface area contributed by atoms with E-state index in [1.807, 2.05) is 12.1 Å². The molecule has 1 aliphatic carbocycles. The third-order valence-electron chi connectivity index (χ3n) is 7.55. The zero-order valence-corrected chi connectivity index (χ0v) is 22.5. The highest BCUT2D eigenvalue weighted by Crippen LogP contribution is 2.40. The van der Waals surface area contributed by atoms with Gasteiger partial charge < -0.3 is 14.0 Å². The third-order valence-corrected chi connectivity index (χ3v) is 7.55. The molecule has 0 fully saturated rings. The zero-order chi connectivity index (χ0) is 27.6. The summed E-state index contributed by atoms with van der Waals surface area (Å²) in [5.74, 6) is 1.28. The Morgan fingerprint density at radius 3 is 2.77 bits per heavy atom. The Labute approximate surface area is 232 Å². The molecule has 6 rings (SSSR count). The van der Waals surface area contributed by atoms with Crippen molar-refractivity contribution in [2.24, 2.45) is 0 Å². The lowest BCUT2D eigenvalue weighted by Gasteiger charge is -2.15. The van der Waals surface area contributed by atoms with Gasteiger partial charge in [0.1, 0.15) is 18.2 Å². The molecule has 0 N–H and O–H groups in total. The maximum atomic E-state index is 14.3. The number of rotatable bonds is 8. The van der Waals surface area contributed by atoms with Gasteiger partial charge in [-0.15, -0.1) is 0 Å². The van der Waals surface area contributed by atoms with Crippen molar-refractivity contribution in [3.8, 4) is 17.1 Å². The second-order valence-corrected chi connectivity index (χ2v) is 10.1. The molecule has 0 unspecified atom stereocenters. The Morgan fingerprint density at radius 2 is 1.95 bits per heavy atom. The average Bonchev–Trinajstić information content (AvgIpc) is 3.55. The normalized spacial score (nSPS) is 14.3. The number of benzene rings is 3. The van der Waals surface area contributed by atoms with Crippen molar-refractivity contribution in [1.29, 1.82) is 0 Å². The summed E-state index contributed by atoms with van der Waals surface area (Å²) in [7, 11) is 1.73. The standard InChI is InChI=1S/C33H29FN4O2/c1-21-7-14-30-31(17-21)38(15-16-39-3)33(37-30)27-13-9-22-18-23(10-12-26(22)27)29-5-4-6-32(36-29)40-20-24-8-11-25(35-2)19-28(24)34/h4-8,10-12,14,17-19,27H,9,13,15-16,20H2,1,3H3/t27-/m0/s1. The molecule has 1 aliphatic rings. The van der Waals surface area contributed by atoms with E-state index in [1.165, 1.54) is 22.8 Å². The van der Waals surface area contributed by atoms with Gasteiger partial charge in [-0.3, -0.25) is 0 Å². The first kappa shape index (κ1) is 25.7. The van der Waals surface area contributed by atoms with E-state index in [4.69, 9.17) is 21.0 Å². The van der Waals surface area contributed by atoms with Crippen LogP contribution in [0.25, 0.3) is 27.1 Å². The fraction of sp³-hybridized carbons (Fsp3) is 0.242. The molecule has 0 bridgehead atoms. The van der Waals surface area contributed by atoms with Gasteiger partial charge in [0.05, 0.1) is 29.9 Å². The van der Waals surface area contributed by atoms with Crippen LogP contribution >= 0.6 is 0 Å². The smallest absolute Gasteiger partial charge is 0.214 e. The van der Waals surface area contributed by atoms with E-state index in [0.717, 1.165) is 47.5 Å². The Bertz CT molecular complexity index is 1750. The molecule has 1 atom stereocenters. The van der Waals surface area contributed by atoms with Crippen LogP contribution in [0, 0.1) is 19.3 Å². The lowest BCUT2D eigenvalue weighted by atomic mass is 9.98. The van der Waals surface area contributed by atoms with Gasteiger partial charge in [0.25, 0.3) is 0 Å². The van der Waals surface area contributed by atoms with Gasteiger partial charge in [0.15, 0.2) is 5.69 Å². The lowest BCUT2D eigenvalue weighted by molar-refractivity contribution is 0.187. The van der Waals surface area contributed by atoms with E-state index in [9.17, 15) is 4.39 Å². The van der Waals surface area contributed by atoms with Gasteiger partial charge in [-0.2, -0.15) is 0 Å². The fourth-order valence-electron chi connectivity index (χ4n) is 5.51. The Hall–Kier alpha value is -4.54. The van der Waals surface area contributed by atoms with Crippen LogP contribution in [0.5, 0.6) is 5.88 Å². The van der Waals surface area contributed by atoms with E-state index in [1.54, 1.807) is 25.3 Å². The molecule has 7 heteroatoms. The van der Waals surface area contributed by atoms with Crippen molar-refractivity contribution in [3.05, 3.63) is 118 Å². The van der Waals surface area contributed by atoms with Gasteiger partial charge in [0.2, 0.25) is 5.88 Å². The minimum absolute atomic E-state index is 0.0377. The topological polar surface area (TPSA) is 53.5 Å². The minimum atomic E-state index is -0.455. The molecule has 200 valence electrons. The molecule has 2 aromatic heterocycles. The zero-order valence-electron chi connectivity index (χ0n) is 22.5. The quantitative estimate of drug-likeness (QED) is 0.195. The maximum absolute atomic E-state index is 14.3. The number of hydrogen-bond acceptors (Lipinski definition) is 4. The van der Waals surface area contributed by atoms with Crippen LogP contribution in [0.3, 0.4) is 0 Å². The van der Waals surface area contributed by atoms with E-state index in [2.05, 4.69) is 57.7 Å². The predicted molar refractivity (Wildman–Crippen MR) is 153 cm³/mol. The first-order chi connectivity index (χ1) is 19.5. The monoisotopic (exact) mass is 532 g/mol. The molecule has 0 spiro atoms. The summed E-state index contributed by atoms with van der Waals surface area (Å²) in [6, 6.07) is 23.0. The minimum Gasteiger partial charge on any atom is -0.473 e. The molecule has 0 saturated carbocycles. The van der Waals surface area contributed by atoms with Crippen LogP contribution in [0.15, 0.2) is 72.8 Å². The molecule has 6 nitrogen and oxygen atoms in total. The number of aromatic nitrogens is 3. The molecule has 0 saturated heterocycles. The number of nitrogens with zero attached hydrogens (tertiary/aromatic N) is 4. The summed E-state index contributed by atoms with van der Waals surface area (Å²) in [5.41, 5.74) is 8.47. The highest BCUT2D eigenvalue weighted by Gasteiger charge is 2.29. The van der Waals surface area contributed by atoms with E-state index in [-0.39, 0.29) is 18.2 Å². The summed E-state index contributed by atoms with van der Waals surface area (Å²) in [6.45, 7) is 10.6. The molecular formula is C33H29FN4O2. The third kappa shape index (κ3) is 4.94. The van der Waals surface area contributed by atoms with Crippen LogP contribution < -0.4 is 4.74 Å². The van der Waals surface area contributed by atoms with E-state index >= 15 is 0 Å². The number of halogens is 1. The summed E-state index contributed by atoms with van der Waals surface area (Å²) in [6.07, 6.45) is 1.97. The first-order valence-electron chi connectivity index (χ1n) is 13.4.